The van der Waals surface area contributed by atoms with Crippen LogP contribution in [-0.4, -0.2) is 19.1 Å². The lowest BCUT2D eigenvalue weighted by Gasteiger charge is -2.19. The second-order valence-electron chi connectivity index (χ2n) is 15.8. The average molecular weight is 827 g/mol. The highest BCUT2D eigenvalue weighted by Gasteiger charge is 2.24. The predicted molar refractivity (Wildman–Crippen MR) is 259 cm³/mol. The Hall–Kier alpha value is -7.38. The lowest BCUT2D eigenvalue weighted by Crippen LogP contribution is -2.05. The Balaban J connectivity index is 1.07. The Morgan fingerprint density at radius 1 is 0.371 bits per heavy atom. The summed E-state index contributed by atoms with van der Waals surface area (Å²) >= 11 is 3.71. The Morgan fingerprint density at radius 2 is 1.00 bits per heavy atom. The van der Waals surface area contributed by atoms with Gasteiger partial charge in [-0.1, -0.05) is 163 Å². The minimum absolute atomic E-state index is 0.640. The van der Waals surface area contributed by atoms with Crippen LogP contribution in [0.4, 0.5) is 0 Å². The molecule has 0 fully saturated rings. The molecule has 0 spiro atoms. The van der Waals surface area contributed by atoms with Gasteiger partial charge in [0.2, 0.25) is 5.95 Å². The van der Waals surface area contributed by atoms with E-state index in [4.69, 9.17) is 9.97 Å². The Morgan fingerprint density at radius 3 is 1.81 bits per heavy atom. The van der Waals surface area contributed by atoms with Crippen LogP contribution < -0.4 is 0 Å². The van der Waals surface area contributed by atoms with Crippen molar-refractivity contribution < 1.29 is 0 Å². The Labute approximate surface area is 366 Å². The predicted octanol–water partition coefficient (Wildman–Crippen LogP) is 15.4. The molecule has 0 bridgehead atoms. The third-order valence-electron chi connectivity index (χ3n) is 12.2. The second kappa shape index (κ2) is 14.1. The van der Waals surface area contributed by atoms with Crippen molar-refractivity contribution in [2.45, 2.75) is 19.6 Å². The van der Waals surface area contributed by atoms with Crippen molar-refractivity contribution in [3.8, 4) is 45.3 Å². The molecule has 0 aliphatic carbocycles. The van der Waals surface area contributed by atoms with Crippen LogP contribution in [0.1, 0.15) is 0 Å². The molecule has 12 aromatic rings. The summed E-state index contributed by atoms with van der Waals surface area (Å²) < 4.78 is 4.66. The molecule has 0 atom stereocenters. The van der Waals surface area contributed by atoms with Gasteiger partial charge in [0.1, 0.15) is 0 Å². The maximum absolute atomic E-state index is 5.64. The minimum atomic E-state index is 0.640. The molecule has 290 valence electrons. The van der Waals surface area contributed by atoms with E-state index in [1.165, 1.54) is 52.3 Å². The molecular weight excluding hydrogens is 793 g/mol. The fourth-order valence-corrected chi connectivity index (χ4v) is 11.6. The van der Waals surface area contributed by atoms with E-state index < -0.39 is 0 Å². The van der Waals surface area contributed by atoms with Crippen LogP contribution in [0.2, 0.25) is 0 Å². The molecule has 0 radical (unpaired) electrons. The largest absolute Gasteiger partial charge is 0.309 e. The van der Waals surface area contributed by atoms with Crippen LogP contribution in [0, 0.1) is 0 Å². The van der Waals surface area contributed by atoms with Crippen molar-refractivity contribution >= 4 is 77.9 Å². The quantitative estimate of drug-likeness (QED) is 0.173. The van der Waals surface area contributed by atoms with Crippen LogP contribution in [0.3, 0.4) is 0 Å². The van der Waals surface area contributed by atoms with Crippen molar-refractivity contribution in [1.29, 1.82) is 0 Å². The van der Waals surface area contributed by atoms with E-state index in [-0.39, 0.29) is 0 Å². The van der Waals surface area contributed by atoms with Crippen LogP contribution >= 0.6 is 23.5 Å². The third-order valence-corrected chi connectivity index (χ3v) is 14.7. The number of fused-ring (bicyclic) bond motifs is 10. The molecule has 0 amide bonds. The monoisotopic (exact) mass is 826 g/mol. The third kappa shape index (κ3) is 5.57. The van der Waals surface area contributed by atoms with Crippen LogP contribution in [-0.2, 0) is 0 Å². The van der Waals surface area contributed by atoms with Crippen molar-refractivity contribution in [2.75, 3.05) is 0 Å². The molecule has 13 rings (SSSR count). The first kappa shape index (κ1) is 35.4. The number of hydrogen-bond acceptors (Lipinski definition) is 4. The van der Waals surface area contributed by atoms with E-state index in [2.05, 4.69) is 215 Å². The lowest BCUT2D eigenvalue weighted by molar-refractivity contribution is 1.01. The maximum atomic E-state index is 5.64. The van der Waals surface area contributed by atoms with Gasteiger partial charge in [0, 0.05) is 47.0 Å². The average Bonchev–Trinajstić information content (AvgIpc) is 3.90. The van der Waals surface area contributed by atoms with Gasteiger partial charge >= 0.3 is 0 Å². The van der Waals surface area contributed by atoms with E-state index in [1.54, 1.807) is 0 Å². The summed E-state index contributed by atoms with van der Waals surface area (Å²) in [6.07, 6.45) is 0. The van der Waals surface area contributed by atoms with E-state index in [1.807, 2.05) is 23.5 Å². The molecule has 0 saturated carbocycles. The van der Waals surface area contributed by atoms with E-state index >= 15 is 0 Å². The van der Waals surface area contributed by atoms with Gasteiger partial charge in [-0.3, -0.25) is 4.57 Å². The van der Waals surface area contributed by atoms with Crippen LogP contribution in [0.25, 0.3) is 99.7 Å². The topological polar surface area (TPSA) is 35.6 Å². The fourth-order valence-electron chi connectivity index (χ4n) is 9.37. The highest BCUT2D eigenvalue weighted by molar-refractivity contribution is 8.05. The maximum Gasteiger partial charge on any atom is 0.235 e. The van der Waals surface area contributed by atoms with Gasteiger partial charge in [-0.2, -0.15) is 0 Å². The van der Waals surface area contributed by atoms with Crippen LogP contribution in [0.15, 0.2) is 226 Å². The number of para-hydroxylation sites is 1. The van der Waals surface area contributed by atoms with Gasteiger partial charge in [0.05, 0.1) is 38.8 Å². The highest BCUT2D eigenvalue weighted by Crippen LogP contribution is 2.50. The van der Waals surface area contributed by atoms with Gasteiger partial charge in [-0.25, -0.2) is 9.97 Å². The van der Waals surface area contributed by atoms with Gasteiger partial charge in [0.15, 0.2) is 0 Å². The molecule has 3 aromatic heterocycles. The van der Waals surface area contributed by atoms with E-state index in [0.717, 1.165) is 61.0 Å². The summed E-state index contributed by atoms with van der Waals surface area (Å²) in [7, 11) is 0. The zero-order valence-corrected chi connectivity index (χ0v) is 34.9. The summed E-state index contributed by atoms with van der Waals surface area (Å²) in [5, 5.41) is 6.93. The fraction of sp³-hybridized carbons (Fsp3) is 0. The van der Waals surface area contributed by atoms with Crippen molar-refractivity contribution in [3.05, 3.63) is 206 Å². The number of rotatable bonds is 5. The first-order valence-corrected chi connectivity index (χ1v) is 22.4. The smallest absolute Gasteiger partial charge is 0.235 e. The second-order valence-corrected chi connectivity index (χ2v) is 17.9. The van der Waals surface area contributed by atoms with Gasteiger partial charge in [-0.05, 0) is 94.2 Å². The summed E-state index contributed by atoms with van der Waals surface area (Å²) in [6.45, 7) is 0. The normalized spacial score (nSPS) is 12.4. The first-order valence-electron chi connectivity index (χ1n) is 20.8. The molecule has 4 heterocycles. The lowest BCUT2D eigenvalue weighted by atomic mass is 10.00. The number of nitrogens with zero attached hydrogens (tertiary/aromatic N) is 4. The van der Waals surface area contributed by atoms with Gasteiger partial charge in [-0.15, -0.1) is 0 Å². The van der Waals surface area contributed by atoms with Crippen molar-refractivity contribution in [1.82, 2.24) is 19.1 Å². The minimum Gasteiger partial charge on any atom is -0.309 e. The molecule has 9 aromatic carbocycles. The zero-order chi connectivity index (χ0) is 40.7. The summed E-state index contributed by atoms with van der Waals surface area (Å²) in [5.74, 6) is 0.640. The van der Waals surface area contributed by atoms with E-state index in [9.17, 15) is 0 Å². The Bertz CT molecular complexity index is 3740. The number of benzene rings is 9. The summed E-state index contributed by atoms with van der Waals surface area (Å²) in [4.78, 5) is 16.4. The SMILES string of the molecule is c1ccc(-c2nc(-n3c4ccc(-c5ccc6c(c5)Sc5ccccc5S6)cc4c4c5ccccc5ccc43)nc3ccc4cc(-c5ccccc5)n(-c5ccccc5)c4c23)cc1. The molecule has 0 unspecified atom stereocenters. The zero-order valence-electron chi connectivity index (χ0n) is 33.2. The molecular formula is C56H34N4S2. The van der Waals surface area contributed by atoms with E-state index in [0.29, 0.717) is 5.95 Å². The van der Waals surface area contributed by atoms with Crippen LogP contribution in [0.5, 0.6) is 0 Å². The standard InChI is InChI=1S/C56H34N4S2/c1-4-15-36(16-5-1)47-33-40-24-28-44-53(55(40)59(47)41-19-8-3-9-20-41)54(37-17-6-2-7-18-37)58-56(57-44)60-45-29-26-38(32-43(45)52-42-21-11-10-14-35(42)25-30-46(52)60)39-27-31-50-51(34-39)62-49-23-13-12-22-48(49)61-50/h1-34H. The molecule has 62 heavy (non-hydrogen) atoms. The first-order chi connectivity index (χ1) is 30.7. The summed E-state index contributed by atoms with van der Waals surface area (Å²) in [5.41, 5.74) is 11.8. The van der Waals surface area contributed by atoms with Crippen molar-refractivity contribution in [2.24, 2.45) is 0 Å². The molecule has 1 aliphatic rings. The number of hydrogen-bond donors (Lipinski definition) is 0. The molecule has 0 N–H and O–H groups in total. The highest BCUT2D eigenvalue weighted by atomic mass is 32.2. The molecule has 6 heteroatoms. The molecule has 0 saturated heterocycles. The molecule has 4 nitrogen and oxygen atoms in total. The number of aromatic nitrogens is 4. The summed E-state index contributed by atoms with van der Waals surface area (Å²) in [6, 6.07) is 74.2. The van der Waals surface area contributed by atoms with Crippen molar-refractivity contribution in [3.63, 3.8) is 0 Å². The Kier molecular flexibility index (Phi) is 8.05. The molecule has 1 aliphatic heterocycles. The van der Waals surface area contributed by atoms with Gasteiger partial charge in [0.25, 0.3) is 0 Å². The van der Waals surface area contributed by atoms with Gasteiger partial charge < -0.3 is 4.57 Å².